The van der Waals surface area contributed by atoms with Gasteiger partial charge in [0.2, 0.25) is 11.7 Å². The average molecular weight is 668 g/mol. The zero-order chi connectivity index (χ0) is 34.1. The molecule has 12 heteroatoms. The molecule has 0 aliphatic rings. The van der Waals surface area contributed by atoms with Gasteiger partial charge in [0.1, 0.15) is 17.4 Å². The van der Waals surface area contributed by atoms with Gasteiger partial charge >= 0.3 is 0 Å². The largest absolute Gasteiger partial charge is 0.398 e. The Labute approximate surface area is 276 Å². The van der Waals surface area contributed by atoms with Crippen LogP contribution in [0.15, 0.2) is 113 Å². The third-order valence-corrected chi connectivity index (χ3v) is 13.5. The number of aromatic nitrogens is 4. The van der Waals surface area contributed by atoms with E-state index in [1.165, 1.54) is 24.5 Å². The Kier molecular flexibility index (Phi) is 8.95. The molecule has 1 atom stereocenters. The van der Waals surface area contributed by atoms with Crippen LogP contribution in [0.1, 0.15) is 42.7 Å². The molecule has 0 aliphatic heterocycles. The molecule has 0 fully saturated rings. The van der Waals surface area contributed by atoms with Gasteiger partial charge in [-0.2, -0.15) is 4.98 Å². The number of carbonyl (C=O) groups excluding carboxylic acids is 1. The van der Waals surface area contributed by atoms with Gasteiger partial charge in [0.05, 0.1) is 6.42 Å². The molecule has 2 N–H and O–H groups in total. The Bertz CT molecular complexity index is 2070. The van der Waals surface area contributed by atoms with Crippen LogP contribution in [-0.4, -0.2) is 46.3 Å². The maximum absolute atomic E-state index is 14.9. The van der Waals surface area contributed by atoms with Gasteiger partial charge in [0.25, 0.3) is 20.7 Å². The van der Waals surface area contributed by atoms with E-state index in [2.05, 4.69) is 20.4 Å². The van der Waals surface area contributed by atoms with E-state index in [4.69, 9.17) is 8.95 Å². The summed E-state index contributed by atoms with van der Waals surface area (Å²) >= 11 is 0. The molecule has 0 aliphatic carbocycles. The first-order valence-electron chi connectivity index (χ1n) is 15.5. The van der Waals surface area contributed by atoms with Crippen LogP contribution in [0, 0.1) is 6.92 Å². The Morgan fingerprint density at radius 1 is 1.00 bits per heavy atom. The molecule has 0 radical (unpaired) electrons. The van der Waals surface area contributed by atoms with E-state index >= 15 is 0 Å². The van der Waals surface area contributed by atoms with Crippen molar-refractivity contribution < 1.29 is 22.5 Å². The highest BCUT2D eigenvalue weighted by Crippen LogP contribution is 2.38. The predicted molar refractivity (Wildman–Crippen MR) is 183 cm³/mol. The third-order valence-electron chi connectivity index (χ3n) is 8.39. The van der Waals surface area contributed by atoms with Gasteiger partial charge in [-0.1, -0.05) is 98.7 Å². The summed E-state index contributed by atoms with van der Waals surface area (Å²) < 4.78 is 43.5. The summed E-state index contributed by atoms with van der Waals surface area (Å²) in [6.07, 6.45) is -1.61. The number of aromatic amines is 1. The number of nitrogens with one attached hydrogen (secondary N) is 2. The summed E-state index contributed by atoms with van der Waals surface area (Å²) in [5.41, 5.74) is 2.41. The normalized spacial score (nSPS) is 12.8. The van der Waals surface area contributed by atoms with Crippen LogP contribution in [0.4, 0.5) is 14.5 Å². The fourth-order valence-corrected chi connectivity index (χ4v) is 10.7. The fraction of sp³-hybridized carbons (Fsp3) is 0.222. The number of rotatable bonds is 10. The van der Waals surface area contributed by atoms with Crippen molar-refractivity contribution in [2.24, 2.45) is 0 Å². The lowest BCUT2D eigenvalue weighted by molar-refractivity contribution is 0.00243. The first-order chi connectivity index (χ1) is 23.0. The molecule has 0 spiro atoms. The highest BCUT2D eigenvalue weighted by Gasteiger charge is 2.52. The van der Waals surface area contributed by atoms with E-state index in [9.17, 15) is 18.4 Å². The zero-order valence-electron chi connectivity index (χ0n) is 26.9. The second-order valence-corrected chi connectivity index (χ2v) is 16.9. The van der Waals surface area contributed by atoms with Crippen molar-refractivity contribution in [3.8, 4) is 11.4 Å². The van der Waals surface area contributed by atoms with Gasteiger partial charge < -0.3 is 19.2 Å². The molecule has 6 aromatic rings. The molecule has 48 heavy (non-hydrogen) atoms. The summed E-state index contributed by atoms with van der Waals surface area (Å²) in [7, 11) is -3.29. The minimum absolute atomic E-state index is 0.00679. The van der Waals surface area contributed by atoms with Crippen molar-refractivity contribution in [1.82, 2.24) is 19.5 Å². The maximum atomic E-state index is 14.9. The molecule has 9 nitrogen and oxygen atoms in total. The second kappa shape index (κ2) is 13.1. The Balaban J connectivity index is 1.27. The number of H-pyrrole nitrogens is 1. The molecular formula is C36H35F2N5O4Si. The number of hydrogen-bond acceptors (Lipinski definition) is 6. The van der Waals surface area contributed by atoms with Crippen molar-refractivity contribution in [2.75, 3.05) is 5.32 Å². The van der Waals surface area contributed by atoms with E-state index < -0.39 is 31.8 Å². The molecule has 0 unspecified atom stereocenters. The summed E-state index contributed by atoms with van der Waals surface area (Å²) in [5.74, 6) is -0.213. The molecule has 0 saturated carbocycles. The molecule has 3 heterocycles. The van der Waals surface area contributed by atoms with Gasteiger partial charge in [0.15, 0.2) is 5.43 Å². The van der Waals surface area contributed by atoms with Gasteiger partial charge in [0, 0.05) is 35.8 Å². The molecule has 0 saturated heterocycles. The van der Waals surface area contributed by atoms with E-state index in [1.54, 1.807) is 22.6 Å². The number of benzene rings is 3. The number of imidazole rings is 1. The molecule has 6 rings (SSSR count). The van der Waals surface area contributed by atoms with Crippen molar-refractivity contribution in [3.63, 3.8) is 0 Å². The minimum Gasteiger partial charge on any atom is -0.398 e. The van der Waals surface area contributed by atoms with E-state index in [0.29, 0.717) is 22.6 Å². The minimum atomic E-state index is -3.29. The van der Waals surface area contributed by atoms with Crippen LogP contribution in [0.5, 0.6) is 0 Å². The lowest BCUT2D eigenvalue weighted by Crippen LogP contribution is -2.68. The van der Waals surface area contributed by atoms with Gasteiger partial charge in [-0.15, -0.1) is 0 Å². The molecule has 3 aromatic carbocycles. The summed E-state index contributed by atoms with van der Waals surface area (Å²) in [5, 5.41) is 8.24. The SMILES string of the molecule is Cc1ccc(-c2noc(C[C@H](O[Si](c3ccccc3)(c3ccccc3)C(C)(C)C)C(F)F)n2)cc1NC(=O)c1c[nH]c2cc(=O)ccn12. The number of anilines is 1. The molecule has 246 valence electrons. The Morgan fingerprint density at radius 3 is 2.29 bits per heavy atom. The number of carbonyl (C=O) groups is 1. The fourth-order valence-electron chi connectivity index (χ4n) is 6.00. The van der Waals surface area contributed by atoms with Crippen molar-refractivity contribution >= 4 is 35.9 Å². The molecule has 1 amide bonds. The number of pyridine rings is 1. The standard InChI is InChI=1S/C36H35F2N5O4Si/c1-23-15-16-24(19-28(23)40-35(45)29-22-39-31-20-25(44)17-18-43(29)31)34-41-32(46-42-34)21-30(33(37)38)47-48(36(2,3)4,26-11-7-5-8-12-26)27-13-9-6-10-14-27/h5-20,22,30,33,39H,21H2,1-4H3,(H,40,45)/t30-/m0/s1. The maximum Gasteiger partial charge on any atom is 0.274 e. The third kappa shape index (κ3) is 6.36. The first-order valence-corrected chi connectivity index (χ1v) is 17.4. The number of halogens is 2. The van der Waals surface area contributed by atoms with E-state index in [0.717, 1.165) is 15.9 Å². The topological polar surface area (TPSA) is 115 Å². The Morgan fingerprint density at radius 2 is 1.67 bits per heavy atom. The Hall–Kier alpha value is -5.20. The second-order valence-electron chi connectivity index (χ2n) is 12.6. The average Bonchev–Trinajstić information content (AvgIpc) is 3.71. The van der Waals surface area contributed by atoms with Gasteiger partial charge in [-0.05, 0) is 34.0 Å². The van der Waals surface area contributed by atoms with Gasteiger partial charge in [-0.25, -0.2) is 8.78 Å². The van der Waals surface area contributed by atoms with Crippen LogP contribution in [0.3, 0.4) is 0 Å². The summed E-state index contributed by atoms with van der Waals surface area (Å²) in [6, 6.07) is 27.2. The van der Waals surface area contributed by atoms with Crippen LogP contribution < -0.4 is 21.1 Å². The highest BCUT2D eigenvalue weighted by molar-refractivity contribution is 6.99. The molecule has 0 bridgehead atoms. The lowest BCUT2D eigenvalue weighted by Gasteiger charge is -2.44. The summed E-state index contributed by atoms with van der Waals surface area (Å²) in [4.78, 5) is 32.3. The first kappa shape index (κ1) is 32.7. The number of fused-ring (bicyclic) bond motifs is 1. The highest BCUT2D eigenvalue weighted by atomic mass is 28.4. The van der Waals surface area contributed by atoms with Crippen LogP contribution in [0.25, 0.3) is 17.0 Å². The van der Waals surface area contributed by atoms with E-state index in [-0.39, 0.29) is 23.6 Å². The quantitative estimate of drug-likeness (QED) is 0.174. The number of hydrogen-bond donors (Lipinski definition) is 2. The zero-order valence-corrected chi connectivity index (χ0v) is 27.9. The number of aryl methyl sites for hydroxylation is 1. The van der Waals surface area contributed by atoms with Gasteiger partial charge in [-0.3, -0.25) is 14.0 Å². The van der Waals surface area contributed by atoms with Crippen LogP contribution >= 0.6 is 0 Å². The number of alkyl halides is 2. The summed E-state index contributed by atoms with van der Waals surface area (Å²) in [6.45, 7) is 7.92. The van der Waals surface area contributed by atoms with Crippen molar-refractivity contribution in [1.29, 1.82) is 0 Å². The van der Waals surface area contributed by atoms with Crippen LogP contribution in [-0.2, 0) is 10.8 Å². The number of amides is 1. The number of nitrogens with zero attached hydrogens (tertiary/aromatic N) is 3. The van der Waals surface area contributed by atoms with Crippen molar-refractivity contribution in [2.45, 2.75) is 51.7 Å². The predicted octanol–water partition coefficient (Wildman–Crippen LogP) is 5.99. The van der Waals surface area contributed by atoms with E-state index in [1.807, 2.05) is 88.4 Å². The molecular weight excluding hydrogens is 633 g/mol. The lowest BCUT2D eigenvalue weighted by atomic mass is 10.1. The monoisotopic (exact) mass is 667 g/mol. The molecule has 3 aromatic heterocycles. The van der Waals surface area contributed by atoms with Crippen LogP contribution in [0.2, 0.25) is 5.04 Å². The smallest absolute Gasteiger partial charge is 0.274 e. The van der Waals surface area contributed by atoms with Crippen molar-refractivity contribution in [3.05, 3.63) is 131 Å².